The second kappa shape index (κ2) is 12.0. The van der Waals surface area contributed by atoms with Gasteiger partial charge in [0.05, 0.1) is 20.2 Å². The second-order valence-electron chi connectivity index (χ2n) is 5.33. The largest absolute Gasteiger partial charge is 0.493 e. The monoisotopic (exact) mass is 484 g/mol. The molecule has 8 nitrogen and oxygen atoms in total. The molecule has 0 spiro atoms. The van der Waals surface area contributed by atoms with Gasteiger partial charge < -0.3 is 20.1 Å². The van der Waals surface area contributed by atoms with Crippen LogP contribution < -0.4 is 20.1 Å². The lowest BCUT2D eigenvalue weighted by Gasteiger charge is -2.12. The number of nitrogens with zero attached hydrogens (tertiary/aromatic N) is 4. The summed E-state index contributed by atoms with van der Waals surface area (Å²) in [5.74, 6) is 5.21. The lowest BCUT2D eigenvalue weighted by atomic mass is 10.2. The molecule has 2 rings (SSSR count). The molecule has 0 fully saturated rings. The molecule has 0 atom stereocenters. The smallest absolute Gasteiger partial charge is 0.191 e. The normalized spacial score (nSPS) is 10.5. The first kappa shape index (κ1) is 22.6. The van der Waals surface area contributed by atoms with Crippen molar-refractivity contribution < 1.29 is 9.47 Å². The van der Waals surface area contributed by atoms with Gasteiger partial charge in [0.15, 0.2) is 17.5 Å². The number of rotatable bonds is 8. The molecule has 0 saturated carbocycles. The Labute approximate surface area is 176 Å². The number of guanidine groups is 1. The van der Waals surface area contributed by atoms with Gasteiger partial charge in [0.25, 0.3) is 0 Å². The van der Waals surface area contributed by atoms with Gasteiger partial charge in [-0.3, -0.25) is 4.68 Å². The standard InChI is InChI=1S/C18H24N6O2.HI/c1-5-9-26-16-10-14(7-8-15(16)25-4)11-20-18(19-6-2)21-12-17-22-13-23-24(17)3;/h1,7-8,10,13H,6,9,11-12H2,2-4H3,(H2,19,20,21);1H. The molecule has 0 bridgehead atoms. The van der Waals surface area contributed by atoms with Crippen LogP contribution in [0.1, 0.15) is 18.3 Å². The fourth-order valence-electron chi connectivity index (χ4n) is 2.21. The zero-order valence-electron chi connectivity index (χ0n) is 15.7. The van der Waals surface area contributed by atoms with Crippen LogP contribution in [0.15, 0.2) is 29.5 Å². The Morgan fingerprint density at radius 2 is 2.15 bits per heavy atom. The van der Waals surface area contributed by atoms with E-state index < -0.39 is 0 Å². The number of hydrogen-bond acceptors (Lipinski definition) is 5. The molecular weight excluding hydrogens is 459 g/mol. The molecule has 1 heterocycles. The zero-order chi connectivity index (χ0) is 18.8. The van der Waals surface area contributed by atoms with Crippen LogP contribution in [0, 0.1) is 12.3 Å². The first-order valence-corrected chi connectivity index (χ1v) is 8.26. The molecule has 2 N–H and O–H groups in total. The summed E-state index contributed by atoms with van der Waals surface area (Å²) < 4.78 is 12.5. The van der Waals surface area contributed by atoms with Crippen molar-refractivity contribution in [2.45, 2.75) is 20.0 Å². The maximum atomic E-state index is 5.52. The average Bonchev–Trinajstić information content (AvgIpc) is 3.07. The van der Waals surface area contributed by atoms with Crippen molar-refractivity contribution in [3.63, 3.8) is 0 Å². The maximum absolute atomic E-state index is 5.52. The van der Waals surface area contributed by atoms with Crippen molar-refractivity contribution >= 4 is 29.9 Å². The van der Waals surface area contributed by atoms with E-state index in [2.05, 4.69) is 31.6 Å². The third kappa shape index (κ3) is 6.97. The molecule has 0 aliphatic rings. The van der Waals surface area contributed by atoms with Crippen LogP contribution in [-0.4, -0.2) is 41.0 Å². The number of hydrogen-bond donors (Lipinski definition) is 2. The minimum atomic E-state index is 0. The number of methoxy groups -OCH3 is 1. The van der Waals surface area contributed by atoms with E-state index in [0.29, 0.717) is 30.5 Å². The SMILES string of the molecule is C#CCOc1cc(CN=C(NCC)NCc2ncnn2C)ccc1OC.I. The number of aryl methyl sites for hydroxylation is 1. The minimum absolute atomic E-state index is 0. The fourth-order valence-corrected chi connectivity index (χ4v) is 2.21. The highest BCUT2D eigenvalue weighted by atomic mass is 127. The van der Waals surface area contributed by atoms with Crippen LogP contribution in [0.3, 0.4) is 0 Å². The molecule has 0 radical (unpaired) electrons. The summed E-state index contributed by atoms with van der Waals surface area (Å²) in [4.78, 5) is 8.78. The van der Waals surface area contributed by atoms with Gasteiger partial charge in [-0.05, 0) is 24.6 Å². The van der Waals surface area contributed by atoms with Crippen molar-refractivity contribution in [2.75, 3.05) is 20.3 Å². The minimum Gasteiger partial charge on any atom is -0.493 e. The first-order valence-electron chi connectivity index (χ1n) is 8.26. The summed E-state index contributed by atoms with van der Waals surface area (Å²) in [7, 11) is 3.44. The lowest BCUT2D eigenvalue weighted by Crippen LogP contribution is -2.37. The predicted octanol–water partition coefficient (Wildman–Crippen LogP) is 1.71. The van der Waals surface area contributed by atoms with Crippen LogP contribution in [0.2, 0.25) is 0 Å². The second-order valence-corrected chi connectivity index (χ2v) is 5.33. The highest BCUT2D eigenvalue weighted by Crippen LogP contribution is 2.28. The number of aromatic nitrogens is 3. The third-order valence-corrected chi connectivity index (χ3v) is 3.52. The van der Waals surface area contributed by atoms with E-state index in [9.17, 15) is 0 Å². The average molecular weight is 484 g/mol. The van der Waals surface area contributed by atoms with Gasteiger partial charge in [-0.15, -0.1) is 30.4 Å². The van der Waals surface area contributed by atoms with Crippen molar-refractivity contribution in [2.24, 2.45) is 12.0 Å². The summed E-state index contributed by atoms with van der Waals surface area (Å²) >= 11 is 0. The summed E-state index contributed by atoms with van der Waals surface area (Å²) in [6.07, 6.45) is 6.78. The Morgan fingerprint density at radius 1 is 1.33 bits per heavy atom. The van der Waals surface area contributed by atoms with E-state index in [-0.39, 0.29) is 30.6 Å². The molecule has 27 heavy (non-hydrogen) atoms. The topological polar surface area (TPSA) is 85.6 Å². The number of terminal acetylenes is 1. The van der Waals surface area contributed by atoms with E-state index >= 15 is 0 Å². The van der Waals surface area contributed by atoms with Gasteiger partial charge in [-0.2, -0.15) is 5.10 Å². The molecule has 9 heteroatoms. The molecule has 1 aromatic heterocycles. The first-order chi connectivity index (χ1) is 12.7. The summed E-state index contributed by atoms with van der Waals surface area (Å²) in [5, 5.41) is 10.5. The van der Waals surface area contributed by atoms with Gasteiger partial charge >= 0.3 is 0 Å². The van der Waals surface area contributed by atoms with E-state index in [1.165, 1.54) is 6.33 Å². The van der Waals surface area contributed by atoms with Crippen LogP contribution in [0.5, 0.6) is 11.5 Å². The van der Waals surface area contributed by atoms with Crippen LogP contribution in [0.4, 0.5) is 0 Å². The molecule has 2 aromatic rings. The van der Waals surface area contributed by atoms with Crippen LogP contribution >= 0.6 is 24.0 Å². The molecular formula is C18H25IN6O2. The molecule has 0 saturated heterocycles. The van der Waals surface area contributed by atoms with E-state index in [1.54, 1.807) is 11.8 Å². The van der Waals surface area contributed by atoms with E-state index in [1.807, 2.05) is 32.2 Å². The predicted molar refractivity (Wildman–Crippen MR) is 115 cm³/mol. The lowest BCUT2D eigenvalue weighted by molar-refractivity contribution is 0.330. The van der Waals surface area contributed by atoms with Crippen LogP contribution in [-0.2, 0) is 20.1 Å². The number of halogens is 1. The molecule has 0 aliphatic heterocycles. The quantitative estimate of drug-likeness (QED) is 0.257. The highest BCUT2D eigenvalue weighted by molar-refractivity contribution is 14.0. The Hall–Kier alpha value is -2.48. The summed E-state index contributed by atoms with van der Waals surface area (Å²) in [6.45, 7) is 3.96. The molecule has 1 aromatic carbocycles. The zero-order valence-corrected chi connectivity index (χ0v) is 18.1. The number of benzene rings is 1. The van der Waals surface area contributed by atoms with Gasteiger partial charge in [-0.1, -0.05) is 12.0 Å². The fraction of sp³-hybridized carbons (Fsp3) is 0.389. The molecule has 0 aliphatic carbocycles. The number of aliphatic imine (C=N–C) groups is 1. The molecule has 0 amide bonds. The van der Waals surface area contributed by atoms with E-state index in [4.69, 9.17) is 15.9 Å². The van der Waals surface area contributed by atoms with E-state index in [0.717, 1.165) is 17.9 Å². The Kier molecular flexibility index (Phi) is 10.0. The Morgan fingerprint density at radius 3 is 2.78 bits per heavy atom. The van der Waals surface area contributed by atoms with Crippen molar-refractivity contribution in [3.05, 3.63) is 35.9 Å². The molecule has 0 unspecified atom stereocenters. The Balaban J connectivity index is 0.00000364. The van der Waals surface area contributed by atoms with Gasteiger partial charge in [0, 0.05) is 13.6 Å². The summed E-state index contributed by atoms with van der Waals surface area (Å²) in [5.41, 5.74) is 0.980. The van der Waals surface area contributed by atoms with Crippen molar-refractivity contribution in [1.29, 1.82) is 0 Å². The van der Waals surface area contributed by atoms with Crippen molar-refractivity contribution in [1.82, 2.24) is 25.4 Å². The summed E-state index contributed by atoms with van der Waals surface area (Å²) in [6, 6.07) is 5.67. The Bertz CT molecular complexity index is 784. The highest BCUT2D eigenvalue weighted by Gasteiger charge is 2.06. The van der Waals surface area contributed by atoms with Gasteiger partial charge in [0.1, 0.15) is 18.8 Å². The number of nitrogens with one attached hydrogen (secondary N) is 2. The van der Waals surface area contributed by atoms with Gasteiger partial charge in [0.2, 0.25) is 0 Å². The number of ether oxygens (including phenoxy) is 2. The van der Waals surface area contributed by atoms with Crippen molar-refractivity contribution in [3.8, 4) is 23.8 Å². The van der Waals surface area contributed by atoms with Gasteiger partial charge in [-0.25, -0.2) is 9.98 Å². The third-order valence-electron chi connectivity index (χ3n) is 3.52. The van der Waals surface area contributed by atoms with Crippen LogP contribution in [0.25, 0.3) is 0 Å². The molecule has 146 valence electrons. The maximum Gasteiger partial charge on any atom is 0.191 e.